The van der Waals surface area contributed by atoms with Crippen molar-refractivity contribution in [2.75, 3.05) is 20.8 Å². The van der Waals surface area contributed by atoms with Crippen LogP contribution >= 0.6 is 0 Å². The third-order valence-corrected chi connectivity index (χ3v) is 1.78. The van der Waals surface area contributed by atoms with Crippen molar-refractivity contribution in [3.63, 3.8) is 0 Å². The summed E-state index contributed by atoms with van der Waals surface area (Å²) >= 11 is 0. The molecule has 0 amide bonds. The van der Waals surface area contributed by atoms with E-state index in [2.05, 4.69) is 4.74 Å². The number of carbonyl (C=O) groups is 1. The maximum Gasteiger partial charge on any atom is 0.192 e. The molecule has 0 saturated heterocycles. The number of hydrogen-bond acceptors (Lipinski definition) is 4. The molecule has 76 valence electrons. The highest BCUT2D eigenvalue weighted by Crippen LogP contribution is 2.23. The summed E-state index contributed by atoms with van der Waals surface area (Å²) in [6, 6.07) is 4.51. The first-order valence-corrected chi connectivity index (χ1v) is 4.08. The first-order chi connectivity index (χ1) is 6.69. The fourth-order valence-electron chi connectivity index (χ4n) is 1.08. The second kappa shape index (κ2) is 4.62. The zero-order chi connectivity index (χ0) is 10.6. The minimum atomic E-state index is -0.257. The quantitative estimate of drug-likeness (QED) is 0.736. The second-order valence-electron chi connectivity index (χ2n) is 2.74. The highest BCUT2D eigenvalue weighted by Gasteiger charge is 2.11. The molecule has 0 aliphatic rings. The van der Waals surface area contributed by atoms with Crippen molar-refractivity contribution >= 4 is 5.78 Å². The van der Waals surface area contributed by atoms with E-state index in [4.69, 9.17) is 4.74 Å². The van der Waals surface area contributed by atoms with Gasteiger partial charge in [-0.25, -0.2) is 0 Å². The number of carbonyl (C=O) groups excluding carboxylic acids is 1. The molecule has 0 aliphatic carbocycles. The summed E-state index contributed by atoms with van der Waals surface area (Å²) in [6.45, 7) is -0.0418. The van der Waals surface area contributed by atoms with Crippen LogP contribution in [0.1, 0.15) is 10.4 Å². The number of methoxy groups -OCH3 is 2. The number of aromatic hydroxyl groups is 1. The Hall–Kier alpha value is -1.55. The number of ether oxygens (including phenoxy) is 2. The van der Waals surface area contributed by atoms with E-state index in [1.54, 1.807) is 6.07 Å². The number of phenols is 1. The standard InChI is InChI=1S/C10H12O4/c1-13-6-10(12)8-4-3-7(14-2)5-9(8)11/h3-5,11H,6H2,1-2H3. The molecule has 1 aromatic rings. The first kappa shape index (κ1) is 10.5. The van der Waals surface area contributed by atoms with Gasteiger partial charge < -0.3 is 14.6 Å². The van der Waals surface area contributed by atoms with Crippen LogP contribution in [-0.2, 0) is 4.74 Å². The summed E-state index contributed by atoms with van der Waals surface area (Å²) in [5.74, 6) is 0.163. The summed E-state index contributed by atoms with van der Waals surface area (Å²) < 4.78 is 9.56. The first-order valence-electron chi connectivity index (χ1n) is 4.08. The number of hydrogen-bond donors (Lipinski definition) is 1. The minimum Gasteiger partial charge on any atom is -0.507 e. The van der Waals surface area contributed by atoms with Gasteiger partial charge in [0, 0.05) is 13.2 Å². The molecule has 1 rings (SSSR count). The molecule has 0 atom stereocenters. The molecule has 0 saturated carbocycles. The van der Waals surface area contributed by atoms with E-state index in [0.29, 0.717) is 5.75 Å². The Bertz CT molecular complexity index is 333. The molecule has 0 aliphatic heterocycles. The maximum atomic E-state index is 11.3. The lowest BCUT2D eigenvalue weighted by Crippen LogP contribution is -2.07. The lowest BCUT2D eigenvalue weighted by molar-refractivity contribution is 0.0845. The molecule has 1 aromatic carbocycles. The van der Waals surface area contributed by atoms with Crippen molar-refractivity contribution in [2.24, 2.45) is 0 Å². The number of benzene rings is 1. The summed E-state index contributed by atoms with van der Waals surface area (Å²) in [4.78, 5) is 11.3. The Morgan fingerprint density at radius 3 is 2.64 bits per heavy atom. The van der Waals surface area contributed by atoms with Gasteiger partial charge in [-0.3, -0.25) is 4.79 Å². The third kappa shape index (κ3) is 2.23. The molecular formula is C10H12O4. The van der Waals surface area contributed by atoms with Crippen LogP contribution in [0.5, 0.6) is 11.5 Å². The van der Waals surface area contributed by atoms with Crippen LogP contribution in [-0.4, -0.2) is 31.7 Å². The van der Waals surface area contributed by atoms with E-state index < -0.39 is 0 Å². The highest BCUT2D eigenvalue weighted by molar-refractivity contribution is 5.99. The Balaban J connectivity index is 2.94. The third-order valence-electron chi connectivity index (χ3n) is 1.78. The lowest BCUT2D eigenvalue weighted by atomic mass is 10.1. The number of rotatable bonds is 4. The van der Waals surface area contributed by atoms with Crippen molar-refractivity contribution < 1.29 is 19.4 Å². The van der Waals surface area contributed by atoms with Crippen LogP contribution in [0, 0.1) is 0 Å². The molecule has 0 unspecified atom stereocenters. The van der Waals surface area contributed by atoms with E-state index in [-0.39, 0.29) is 23.7 Å². The molecule has 0 aromatic heterocycles. The van der Waals surface area contributed by atoms with Gasteiger partial charge in [0.1, 0.15) is 18.1 Å². The van der Waals surface area contributed by atoms with Crippen molar-refractivity contribution in [2.45, 2.75) is 0 Å². The molecule has 14 heavy (non-hydrogen) atoms. The van der Waals surface area contributed by atoms with Gasteiger partial charge in [0.2, 0.25) is 0 Å². The van der Waals surface area contributed by atoms with Gasteiger partial charge in [-0.15, -0.1) is 0 Å². The summed E-state index contributed by atoms with van der Waals surface area (Å²) in [5, 5.41) is 9.46. The molecule has 0 bridgehead atoms. The Morgan fingerprint density at radius 1 is 1.43 bits per heavy atom. The fraction of sp³-hybridized carbons (Fsp3) is 0.300. The summed E-state index contributed by atoms with van der Waals surface area (Å²) in [7, 11) is 2.92. The van der Waals surface area contributed by atoms with Crippen LogP contribution in [0.3, 0.4) is 0 Å². The summed E-state index contributed by atoms with van der Waals surface area (Å²) in [6.07, 6.45) is 0. The largest absolute Gasteiger partial charge is 0.507 e. The predicted octanol–water partition coefficient (Wildman–Crippen LogP) is 1.23. The van der Waals surface area contributed by atoms with Crippen molar-refractivity contribution in [1.29, 1.82) is 0 Å². The predicted molar refractivity (Wildman–Crippen MR) is 50.9 cm³/mol. The average Bonchev–Trinajstić information content (AvgIpc) is 2.17. The molecular weight excluding hydrogens is 184 g/mol. The van der Waals surface area contributed by atoms with Gasteiger partial charge in [0.15, 0.2) is 5.78 Å². The van der Waals surface area contributed by atoms with Gasteiger partial charge in [-0.05, 0) is 12.1 Å². The Labute approximate surface area is 82.1 Å². The van der Waals surface area contributed by atoms with Gasteiger partial charge in [0.05, 0.1) is 12.7 Å². The van der Waals surface area contributed by atoms with E-state index >= 15 is 0 Å². The van der Waals surface area contributed by atoms with Gasteiger partial charge in [0.25, 0.3) is 0 Å². The van der Waals surface area contributed by atoms with E-state index in [1.807, 2.05) is 0 Å². The van der Waals surface area contributed by atoms with Crippen LogP contribution in [0.15, 0.2) is 18.2 Å². The van der Waals surface area contributed by atoms with E-state index in [9.17, 15) is 9.90 Å². The van der Waals surface area contributed by atoms with Crippen LogP contribution in [0.4, 0.5) is 0 Å². The highest BCUT2D eigenvalue weighted by atomic mass is 16.5. The molecule has 4 nitrogen and oxygen atoms in total. The monoisotopic (exact) mass is 196 g/mol. The van der Waals surface area contributed by atoms with Crippen molar-refractivity contribution in [3.8, 4) is 11.5 Å². The average molecular weight is 196 g/mol. The lowest BCUT2D eigenvalue weighted by Gasteiger charge is -2.05. The van der Waals surface area contributed by atoms with Crippen molar-refractivity contribution in [3.05, 3.63) is 23.8 Å². The number of phenolic OH excluding ortho intramolecular Hbond substituents is 1. The molecule has 4 heteroatoms. The number of Topliss-reactive ketones (excluding diaryl/α,β-unsaturated/α-hetero) is 1. The Morgan fingerprint density at radius 2 is 2.14 bits per heavy atom. The molecule has 1 N–H and O–H groups in total. The van der Waals surface area contributed by atoms with Crippen molar-refractivity contribution in [1.82, 2.24) is 0 Å². The number of ketones is 1. The molecule has 0 heterocycles. The zero-order valence-electron chi connectivity index (χ0n) is 8.11. The Kier molecular flexibility index (Phi) is 3.48. The van der Waals surface area contributed by atoms with Gasteiger partial charge in [-0.1, -0.05) is 0 Å². The SMILES string of the molecule is COCC(=O)c1ccc(OC)cc1O. The fourth-order valence-corrected chi connectivity index (χ4v) is 1.08. The topological polar surface area (TPSA) is 55.8 Å². The smallest absolute Gasteiger partial charge is 0.192 e. The van der Waals surface area contributed by atoms with Crippen LogP contribution in [0.25, 0.3) is 0 Å². The molecule has 0 radical (unpaired) electrons. The van der Waals surface area contributed by atoms with E-state index in [0.717, 1.165) is 0 Å². The van der Waals surface area contributed by atoms with Gasteiger partial charge in [-0.2, -0.15) is 0 Å². The minimum absolute atomic E-state index is 0.0418. The zero-order valence-corrected chi connectivity index (χ0v) is 8.11. The normalized spacial score (nSPS) is 9.86. The van der Waals surface area contributed by atoms with Crippen LogP contribution < -0.4 is 4.74 Å². The van der Waals surface area contributed by atoms with Crippen LogP contribution in [0.2, 0.25) is 0 Å². The second-order valence-corrected chi connectivity index (χ2v) is 2.74. The summed E-state index contributed by atoms with van der Waals surface area (Å²) in [5.41, 5.74) is 0.243. The van der Waals surface area contributed by atoms with Gasteiger partial charge >= 0.3 is 0 Å². The molecule has 0 spiro atoms. The maximum absolute atomic E-state index is 11.3. The van der Waals surface area contributed by atoms with E-state index in [1.165, 1.54) is 26.4 Å². The molecule has 0 fully saturated rings.